The van der Waals surface area contributed by atoms with Crippen LogP contribution in [0, 0.1) is 0 Å². The van der Waals surface area contributed by atoms with Crippen LogP contribution in [-0.4, -0.2) is 47.5 Å². The van der Waals surface area contributed by atoms with Crippen LogP contribution >= 0.6 is 0 Å². The van der Waals surface area contributed by atoms with Gasteiger partial charge >= 0.3 is 10.0 Å². The van der Waals surface area contributed by atoms with Gasteiger partial charge < -0.3 is 22.1 Å². The molecule has 0 fully saturated rings. The first-order valence-corrected chi connectivity index (χ1v) is 20.0. The molecule has 0 heterocycles. The Labute approximate surface area is 154 Å². The smallest absolute Gasteiger partial charge is 0.310 e. The first-order valence-electron chi connectivity index (χ1n) is 8.57. The molecule has 0 aliphatic heterocycles. The summed E-state index contributed by atoms with van der Waals surface area (Å²) in [7, 11) is -6.78. The van der Waals surface area contributed by atoms with E-state index >= 15 is 0 Å². The minimum Gasteiger partial charge on any atom is -0.550 e. The van der Waals surface area contributed by atoms with Crippen LogP contribution in [0.2, 0.25) is 58.9 Å². The van der Waals surface area contributed by atoms with Gasteiger partial charge in [-0.15, -0.1) is 0 Å². The lowest BCUT2D eigenvalue weighted by molar-refractivity contribution is -0.241. The van der Waals surface area contributed by atoms with Crippen LogP contribution in [0.4, 0.5) is 0 Å². The third kappa shape index (κ3) is 11.0. The van der Waals surface area contributed by atoms with Crippen molar-refractivity contribution in [1.82, 2.24) is 0 Å². The van der Waals surface area contributed by atoms with Crippen molar-refractivity contribution in [3.63, 3.8) is 0 Å². The molecular formula is C15H38O5Si4. The van der Waals surface area contributed by atoms with Gasteiger partial charge in [0.15, 0.2) is 16.6 Å². The first-order chi connectivity index (χ1) is 10.6. The molecular weight excluding hydrogens is 373 g/mol. The van der Waals surface area contributed by atoms with Crippen LogP contribution in [-0.2, 0) is 22.1 Å². The van der Waals surface area contributed by atoms with Gasteiger partial charge in [0.1, 0.15) is 0 Å². The molecule has 0 atom stereocenters. The molecule has 0 aliphatic rings. The number of hydrogen-bond acceptors (Lipinski definition) is 5. The molecule has 5 nitrogen and oxygen atoms in total. The molecule has 0 aromatic rings. The van der Waals surface area contributed by atoms with E-state index in [9.17, 15) is 0 Å². The van der Waals surface area contributed by atoms with Crippen LogP contribution in [0.5, 0.6) is 0 Å². The van der Waals surface area contributed by atoms with Crippen molar-refractivity contribution in [3.05, 3.63) is 11.8 Å². The van der Waals surface area contributed by atoms with Gasteiger partial charge in [0, 0.05) is 12.2 Å². The highest BCUT2D eigenvalue weighted by Crippen LogP contribution is 2.32. The Morgan fingerprint density at radius 3 is 1.67 bits per heavy atom. The Kier molecular flexibility index (Phi) is 9.36. The molecule has 0 spiro atoms. The maximum Gasteiger partial charge on any atom is 0.310 e. The van der Waals surface area contributed by atoms with E-state index in [2.05, 4.69) is 58.9 Å². The van der Waals surface area contributed by atoms with Crippen molar-refractivity contribution in [2.24, 2.45) is 0 Å². The Hall–Kier alpha value is 0.248. The van der Waals surface area contributed by atoms with Crippen LogP contribution in [0.15, 0.2) is 11.8 Å². The van der Waals surface area contributed by atoms with E-state index in [0.29, 0.717) is 6.61 Å². The summed E-state index contributed by atoms with van der Waals surface area (Å²) in [5.41, 5.74) is 0.821. The standard InChI is InChI=1S/C15H38O5Si4/c1-12-16-21-18-15(19-23(6,7)8,20-24(9,10)11)14(2)13-17-22(3,4)5/h13H,12,21H2,1-11H3/b14-13+. The van der Waals surface area contributed by atoms with E-state index in [1.807, 2.05) is 13.8 Å². The van der Waals surface area contributed by atoms with Gasteiger partial charge in [-0.1, -0.05) is 0 Å². The molecule has 0 unspecified atom stereocenters. The summed E-state index contributed by atoms with van der Waals surface area (Å²) in [4.78, 5) is 0. The molecule has 24 heavy (non-hydrogen) atoms. The van der Waals surface area contributed by atoms with Crippen molar-refractivity contribution in [3.8, 4) is 0 Å². The second-order valence-electron chi connectivity index (χ2n) is 8.77. The third-order valence-electron chi connectivity index (χ3n) is 2.49. The Morgan fingerprint density at radius 2 is 1.33 bits per heavy atom. The van der Waals surface area contributed by atoms with Crippen LogP contribution in [0.1, 0.15) is 13.8 Å². The van der Waals surface area contributed by atoms with Gasteiger partial charge in [-0.3, -0.25) is 0 Å². The van der Waals surface area contributed by atoms with Crippen molar-refractivity contribution in [2.45, 2.75) is 78.7 Å². The number of rotatable bonds is 11. The molecule has 0 aromatic heterocycles. The van der Waals surface area contributed by atoms with Gasteiger partial charge in [0.05, 0.1) is 6.26 Å². The Morgan fingerprint density at radius 1 is 0.875 bits per heavy atom. The Bertz CT molecular complexity index is 392. The quantitative estimate of drug-likeness (QED) is 0.222. The summed E-state index contributed by atoms with van der Waals surface area (Å²) >= 11 is 0. The van der Waals surface area contributed by atoms with Crippen LogP contribution in [0.3, 0.4) is 0 Å². The predicted octanol–water partition coefficient (Wildman–Crippen LogP) is 4.15. The number of hydrogen-bond donors (Lipinski definition) is 0. The maximum absolute atomic E-state index is 6.43. The summed E-state index contributed by atoms with van der Waals surface area (Å²) in [6.07, 6.45) is 1.77. The van der Waals surface area contributed by atoms with Crippen LogP contribution < -0.4 is 0 Å². The monoisotopic (exact) mass is 410 g/mol. The molecule has 0 radical (unpaired) electrons. The molecule has 0 rings (SSSR count). The highest BCUT2D eigenvalue weighted by molar-refractivity contribution is 6.71. The molecule has 144 valence electrons. The maximum atomic E-state index is 6.43. The summed E-state index contributed by atoms with van der Waals surface area (Å²) in [5.74, 6) is -1.18. The van der Waals surface area contributed by atoms with E-state index in [1.165, 1.54) is 0 Å². The second kappa shape index (κ2) is 9.26. The fourth-order valence-electron chi connectivity index (χ4n) is 1.70. The van der Waals surface area contributed by atoms with E-state index in [0.717, 1.165) is 5.57 Å². The lowest BCUT2D eigenvalue weighted by Gasteiger charge is -2.42. The zero-order valence-corrected chi connectivity index (χ0v) is 21.9. The second-order valence-corrected chi connectivity index (χ2v) is 23.0. The van der Waals surface area contributed by atoms with Crippen LogP contribution in [0.25, 0.3) is 0 Å². The summed E-state index contributed by atoms with van der Waals surface area (Å²) in [5, 5.41) is 0. The predicted molar refractivity (Wildman–Crippen MR) is 111 cm³/mol. The Balaban J connectivity index is 5.75. The molecule has 0 saturated heterocycles. The first kappa shape index (κ1) is 24.2. The largest absolute Gasteiger partial charge is 0.550 e. The van der Waals surface area contributed by atoms with Crippen molar-refractivity contribution in [1.29, 1.82) is 0 Å². The average molecular weight is 411 g/mol. The minimum atomic E-state index is -1.94. The van der Waals surface area contributed by atoms with E-state index in [1.54, 1.807) is 6.26 Å². The fourth-order valence-corrected chi connectivity index (χ4v) is 5.44. The highest BCUT2D eigenvalue weighted by Gasteiger charge is 2.44. The zero-order valence-electron chi connectivity index (χ0n) is 17.5. The minimum absolute atomic E-state index is 0.635. The third-order valence-corrected chi connectivity index (χ3v) is 6.15. The molecule has 0 saturated carbocycles. The lowest BCUT2D eigenvalue weighted by Crippen LogP contribution is -2.53. The van der Waals surface area contributed by atoms with E-state index in [-0.39, 0.29) is 0 Å². The normalized spacial score (nSPS) is 15.4. The van der Waals surface area contributed by atoms with Gasteiger partial charge in [-0.25, -0.2) is 0 Å². The lowest BCUT2D eigenvalue weighted by atomic mass is 10.3. The molecule has 9 heteroatoms. The van der Waals surface area contributed by atoms with Gasteiger partial charge in [-0.05, 0) is 72.8 Å². The fraction of sp³-hybridized carbons (Fsp3) is 0.867. The van der Waals surface area contributed by atoms with Crippen molar-refractivity contribution < 1.29 is 22.1 Å². The van der Waals surface area contributed by atoms with Crippen molar-refractivity contribution >= 4 is 35.0 Å². The highest BCUT2D eigenvalue weighted by atomic mass is 28.4. The van der Waals surface area contributed by atoms with Gasteiger partial charge in [0.2, 0.25) is 8.32 Å². The van der Waals surface area contributed by atoms with Gasteiger partial charge in [-0.2, -0.15) is 0 Å². The summed E-state index contributed by atoms with van der Waals surface area (Å²) in [6, 6.07) is 0. The molecule has 0 aromatic carbocycles. The average Bonchev–Trinajstić information content (AvgIpc) is 2.31. The van der Waals surface area contributed by atoms with E-state index in [4.69, 9.17) is 22.1 Å². The van der Waals surface area contributed by atoms with Gasteiger partial charge in [0.25, 0.3) is 5.97 Å². The molecule has 0 bridgehead atoms. The van der Waals surface area contributed by atoms with E-state index < -0.39 is 40.9 Å². The summed E-state index contributed by atoms with van der Waals surface area (Å²) in [6.45, 7) is 23.8. The topological polar surface area (TPSA) is 46.2 Å². The SMILES string of the molecule is CCO[SiH2]OC(O[Si](C)(C)C)(O[Si](C)(C)C)/C(C)=C/O[Si](C)(C)C. The van der Waals surface area contributed by atoms with Crippen molar-refractivity contribution in [2.75, 3.05) is 6.61 Å². The molecule has 0 N–H and O–H groups in total. The molecule has 0 amide bonds. The summed E-state index contributed by atoms with van der Waals surface area (Å²) < 4.78 is 30.5. The zero-order chi connectivity index (χ0) is 19.2. The molecule has 0 aliphatic carbocycles.